The van der Waals surface area contributed by atoms with E-state index in [2.05, 4.69) is 0 Å². The first-order valence-electron chi connectivity index (χ1n) is 12.1. The number of ketones is 1. The van der Waals surface area contributed by atoms with Crippen LogP contribution >= 0.6 is 0 Å². The lowest BCUT2D eigenvalue weighted by Gasteiger charge is -2.35. The Morgan fingerprint density at radius 1 is 0.694 bits per heavy atom. The van der Waals surface area contributed by atoms with E-state index in [0.717, 1.165) is 21.9 Å². The van der Waals surface area contributed by atoms with Gasteiger partial charge in [0.2, 0.25) is 11.8 Å². The van der Waals surface area contributed by atoms with Gasteiger partial charge in [-0.15, -0.1) is 0 Å². The van der Waals surface area contributed by atoms with E-state index in [-0.39, 0.29) is 23.6 Å². The van der Waals surface area contributed by atoms with Crippen LogP contribution in [0.3, 0.4) is 0 Å². The third-order valence-corrected chi connectivity index (χ3v) is 7.80. The van der Waals surface area contributed by atoms with E-state index in [9.17, 15) is 14.4 Å². The molecule has 7 rings (SSSR count). The molecule has 174 valence electrons. The van der Waals surface area contributed by atoms with Crippen molar-refractivity contribution in [2.45, 2.75) is 12.1 Å². The first-order valence-corrected chi connectivity index (χ1v) is 12.1. The molecular weight excluding hydrogens is 448 g/mol. The van der Waals surface area contributed by atoms with E-state index in [1.54, 1.807) is 12.1 Å². The van der Waals surface area contributed by atoms with Crippen molar-refractivity contribution in [3.8, 4) is 0 Å². The molecule has 36 heavy (non-hydrogen) atoms. The molecule has 0 saturated carbocycles. The molecule has 5 heteroatoms. The summed E-state index contributed by atoms with van der Waals surface area (Å²) in [5, 5.41) is 1.80. The summed E-state index contributed by atoms with van der Waals surface area (Å²) < 4.78 is 0. The van der Waals surface area contributed by atoms with E-state index in [0.29, 0.717) is 11.3 Å². The summed E-state index contributed by atoms with van der Waals surface area (Å²) >= 11 is 0. The van der Waals surface area contributed by atoms with Crippen molar-refractivity contribution in [1.29, 1.82) is 0 Å². The number of imide groups is 1. The number of hydrogen-bond acceptors (Lipinski definition) is 4. The van der Waals surface area contributed by atoms with E-state index in [1.807, 2.05) is 102 Å². The third-order valence-electron chi connectivity index (χ3n) is 7.80. The molecule has 2 fully saturated rings. The zero-order chi connectivity index (χ0) is 24.4. The lowest BCUT2D eigenvalue weighted by Crippen LogP contribution is -2.44. The normalized spacial score (nSPS) is 24.1. The van der Waals surface area contributed by atoms with Gasteiger partial charge in [0.15, 0.2) is 5.78 Å². The van der Waals surface area contributed by atoms with Gasteiger partial charge in [0.1, 0.15) is 6.04 Å². The molecule has 4 atom stereocenters. The number of fused-ring (bicyclic) bond motifs is 6. The minimum Gasteiger partial charge on any atom is -0.358 e. The van der Waals surface area contributed by atoms with Crippen molar-refractivity contribution in [2.75, 3.05) is 4.90 Å². The van der Waals surface area contributed by atoms with Gasteiger partial charge in [0.05, 0.1) is 23.6 Å². The van der Waals surface area contributed by atoms with Crippen LogP contribution < -0.4 is 4.90 Å². The second-order valence-electron chi connectivity index (χ2n) is 9.57. The molecule has 3 aliphatic heterocycles. The van der Waals surface area contributed by atoms with Crippen LogP contribution in [0.5, 0.6) is 0 Å². The molecular formula is C31H22N2O3. The predicted octanol–water partition coefficient (Wildman–Crippen LogP) is 5.24. The van der Waals surface area contributed by atoms with Gasteiger partial charge >= 0.3 is 0 Å². The van der Waals surface area contributed by atoms with Crippen LogP contribution in [0.4, 0.5) is 5.69 Å². The number of carbonyl (C=O) groups excluding carboxylic acids is 3. The van der Waals surface area contributed by atoms with Gasteiger partial charge in [-0.05, 0) is 28.7 Å². The Hall–Kier alpha value is -4.51. The molecule has 2 amide bonds. The van der Waals surface area contributed by atoms with E-state index in [1.165, 1.54) is 4.90 Å². The number of Topliss-reactive ketones (excluding diaryl/α,β-unsaturated/α-hetero) is 1. The number of nitrogens with zero attached hydrogens (tertiary/aromatic N) is 2. The summed E-state index contributed by atoms with van der Waals surface area (Å²) in [6.07, 6.45) is 3.86. The number of hydrogen-bond donors (Lipinski definition) is 0. The van der Waals surface area contributed by atoms with Gasteiger partial charge in [-0.1, -0.05) is 91.0 Å². The SMILES string of the molecule is O=C(c1ccccc1)[C@H]1[C@H]2C(=O)N(c3cccc4ccccc34)C(=O)[C@H]2[C@@H]2c3ccccc3C=CN12. The summed E-state index contributed by atoms with van der Waals surface area (Å²) in [6.45, 7) is 0. The van der Waals surface area contributed by atoms with E-state index < -0.39 is 17.9 Å². The fraction of sp³-hybridized carbons (Fsp3) is 0.129. The Bertz CT molecular complexity index is 1590. The molecule has 0 spiro atoms. The standard InChI is InChI=1S/C31H22N2O3/c34-29(21-11-2-1-3-12-21)28-26-25(27-23-15-7-5-10-20(23)17-18-32(27)28)30(35)33(31(26)36)24-16-8-13-19-9-4-6-14-22(19)24/h1-18,25-28H/t25-,26+,27+,28-/m1/s1. The molecule has 2 saturated heterocycles. The van der Waals surface area contributed by atoms with Gasteiger partial charge in [-0.3, -0.25) is 14.4 Å². The van der Waals surface area contributed by atoms with Crippen LogP contribution in [0.2, 0.25) is 0 Å². The number of benzene rings is 4. The Labute approximate surface area is 208 Å². The molecule has 0 N–H and O–H groups in total. The molecule has 0 radical (unpaired) electrons. The highest BCUT2D eigenvalue weighted by atomic mass is 16.2. The molecule has 0 bridgehead atoms. The van der Waals surface area contributed by atoms with Crippen molar-refractivity contribution in [2.24, 2.45) is 11.8 Å². The second kappa shape index (κ2) is 7.75. The van der Waals surface area contributed by atoms with Gasteiger partial charge in [0.25, 0.3) is 0 Å². The first kappa shape index (κ1) is 20.8. The number of anilines is 1. The van der Waals surface area contributed by atoms with Crippen molar-refractivity contribution < 1.29 is 14.4 Å². The zero-order valence-electron chi connectivity index (χ0n) is 19.3. The lowest BCUT2D eigenvalue weighted by atomic mass is 9.83. The average molecular weight is 471 g/mol. The fourth-order valence-electron chi connectivity index (χ4n) is 6.27. The summed E-state index contributed by atoms with van der Waals surface area (Å²) in [5.41, 5.74) is 3.10. The minimum absolute atomic E-state index is 0.141. The van der Waals surface area contributed by atoms with Gasteiger partial charge in [0, 0.05) is 17.1 Å². The van der Waals surface area contributed by atoms with Crippen molar-refractivity contribution in [3.63, 3.8) is 0 Å². The van der Waals surface area contributed by atoms with Crippen molar-refractivity contribution in [3.05, 3.63) is 120 Å². The molecule has 0 aromatic heterocycles. The van der Waals surface area contributed by atoms with E-state index >= 15 is 0 Å². The topological polar surface area (TPSA) is 57.7 Å². The number of amides is 2. The smallest absolute Gasteiger partial charge is 0.240 e. The summed E-state index contributed by atoms with van der Waals surface area (Å²) in [5.74, 6) is -2.12. The van der Waals surface area contributed by atoms with Crippen molar-refractivity contribution in [1.82, 2.24) is 4.90 Å². The highest BCUT2D eigenvalue weighted by Crippen LogP contribution is 2.54. The van der Waals surface area contributed by atoms with Gasteiger partial charge in [-0.2, -0.15) is 0 Å². The average Bonchev–Trinajstić information content (AvgIpc) is 3.40. The Morgan fingerprint density at radius 2 is 1.39 bits per heavy atom. The largest absolute Gasteiger partial charge is 0.358 e. The van der Waals surface area contributed by atoms with Crippen LogP contribution in [0.25, 0.3) is 16.8 Å². The molecule has 3 aliphatic rings. The highest BCUT2D eigenvalue weighted by molar-refractivity contribution is 6.27. The van der Waals surface area contributed by atoms with Crippen LogP contribution in [-0.2, 0) is 9.59 Å². The number of carbonyl (C=O) groups is 3. The number of rotatable bonds is 3. The summed E-state index contributed by atoms with van der Waals surface area (Å²) in [4.78, 5) is 45.5. The molecule has 5 nitrogen and oxygen atoms in total. The Morgan fingerprint density at radius 3 is 2.25 bits per heavy atom. The predicted molar refractivity (Wildman–Crippen MR) is 138 cm³/mol. The fourth-order valence-corrected chi connectivity index (χ4v) is 6.27. The van der Waals surface area contributed by atoms with Crippen LogP contribution in [0.1, 0.15) is 27.5 Å². The highest BCUT2D eigenvalue weighted by Gasteiger charge is 2.64. The van der Waals surface area contributed by atoms with Crippen LogP contribution in [0.15, 0.2) is 103 Å². The molecule has 4 aromatic rings. The molecule has 0 unspecified atom stereocenters. The monoisotopic (exact) mass is 470 g/mol. The molecule has 3 heterocycles. The quantitative estimate of drug-likeness (QED) is 0.304. The lowest BCUT2D eigenvalue weighted by molar-refractivity contribution is -0.123. The Balaban J connectivity index is 1.41. The minimum atomic E-state index is -0.773. The van der Waals surface area contributed by atoms with Crippen LogP contribution in [0, 0.1) is 11.8 Å². The Kier molecular flexibility index (Phi) is 4.48. The zero-order valence-corrected chi connectivity index (χ0v) is 19.3. The third kappa shape index (κ3) is 2.80. The van der Waals surface area contributed by atoms with Crippen LogP contribution in [-0.4, -0.2) is 28.5 Å². The molecule has 0 aliphatic carbocycles. The summed E-state index contributed by atoms with van der Waals surface area (Å²) in [6, 6.07) is 29.2. The maximum Gasteiger partial charge on any atom is 0.240 e. The first-order chi connectivity index (χ1) is 17.6. The van der Waals surface area contributed by atoms with Crippen molar-refractivity contribution >= 4 is 40.1 Å². The maximum atomic E-state index is 14.2. The summed E-state index contributed by atoms with van der Waals surface area (Å²) in [7, 11) is 0. The molecule has 4 aromatic carbocycles. The second-order valence-corrected chi connectivity index (χ2v) is 9.57. The van der Waals surface area contributed by atoms with E-state index in [4.69, 9.17) is 0 Å². The maximum absolute atomic E-state index is 14.2. The van der Waals surface area contributed by atoms with Gasteiger partial charge < -0.3 is 4.90 Å². The van der Waals surface area contributed by atoms with Gasteiger partial charge in [-0.25, -0.2) is 4.90 Å².